The van der Waals surface area contributed by atoms with E-state index in [9.17, 15) is 4.79 Å². The second-order valence-electron chi connectivity index (χ2n) is 5.24. The standard InChI is InChI=1S/C18H23N3OS/c1-3-21(16-6-4-5-15(2)13-16)12-11-20-18(22)14-23-17-7-9-19-10-8-17/h4-10,13H,3,11-12,14H2,1-2H3,(H,20,22). The highest BCUT2D eigenvalue weighted by Crippen LogP contribution is 2.16. The van der Waals surface area contributed by atoms with Crippen molar-refractivity contribution >= 4 is 23.4 Å². The molecule has 1 N–H and O–H groups in total. The molecule has 4 nitrogen and oxygen atoms in total. The van der Waals surface area contributed by atoms with Crippen LogP contribution in [0, 0.1) is 6.92 Å². The van der Waals surface area contributed by atoms with Gasteiger partial charge >= 0.3 is 0 Å². The van der Waals surface area contributed by atoms with Gasteiger partial charge in [0.05, 0.1) is 5.75 Å². The monoisotopic (exact) mass is 329 g/mol. The topological polar surface area (TPSA) is 45.2 Å². The molecule has 0 aliphatic rings. The van der Waals surface area contributed by atoms with E-state index in [4.69, 9.17) is 0 Å². The molecule has 0 saturated heterocycles. The van der Waals surface area contributed by atoms with Gasteiger partial charge in [0.1, 0.15) is 0 Å². The van der Waals surface area contributed by atoms with E-state index < -0.39 is 0 Å². The largest absolute Gasteiger partial charge is 0.370 e. The summed E-state index contributed by atoms with van der Waals surface area (Å²) < 4.78 is 0. The number of nitrogens with one attached hydrogen (secondary N) is 1. The quantitative estimate of drug-likeness (QED) is 0.756. The fourth-order valence-corrected chi connectivity index (χ4v) is 2.97. The molecule has 1 heterocycles. The Kier molecular flexibility index (Phi) is 6.94. The molecule has 0 bridgehead atoms. The first-order valence-electron chi connectivity index (χ1n) is 7.80. The number of thioether (sulfide) groups is 1. The Morgan fingerprint density at radius 2 is 2.04 bits per heavy atom. The molecule has 23 heavy (non-hydrogen) atoms. The number of aromatic nitrogens is 1. The van der Waals surface area contributed by atoms with Gasteiger partial charge in [0.25, 0.3) is 0 Å². The van der Waals surface area contributed by atoms with Crippen LogP contribution in [0.25, 0.3) is 0 Å². The first-order valence-corrected chi connectivity index (χ1v) is 8.78. The Morgan fingerprint density at radius 1 is 1.26 bits per heavy atom. The number of amides is 1. The molecule has 122 valence electrons. The van der Waals surface area contributed by atoms with Crippen molar-refractivity contribution in [2.45, 2.75) is 18.7 Å². The van der Waals surface area contributed by atoms with E-state index in [2.05, 4.69) is 53.3 Å². The molecule has 2 aromatic rings. The highest BCUT2D eigenvalue weighted by Gasteiger charge is 2.06. The number of hydrogen-bond donors (Lipinski definition) is 1. The summed E-state index contributed by atoms with van der Waals surface area (Å²) in [5, 5.41) is 2.99. The Labute approximate surface area is 142 Å². The van der Waals surface area contributed by atoms with Crippen molar-refractivity contribution in [2.24, 2.45) is 0 Å². The lowest BCUT2D eigenvalue weighted by Gasteiger charge is -2.23. The predicted molar refractivity (Wildman–Crippen MR) is 97.0 cm³/mol. The van der Waals surface area contributed by atoms with Gasteiger partial charge in [-0.2, -0.15) is 0 Å². The molecule has 2 rings (SSSR count). The number of rotatable bonds is 8. The summed E-state index contributed by atoms with van der Waals surface area (Å²) in [5.41, 5.74) is 2.45. The maximum atomic E-state index is 11.9. The van der Waals surface area contributed by atoms with E-state index in [1.54, 1.807) is 12.4 Å². The molecule has 1 aromatic carbocycles. The number of nitrogens with zero attached hydrogens (tertiary/aromatic N) is 2. The summed E-state index contributed by atoms with van der Waals surface area (Å²) in [7, 11) is 0. The fourth-order valence-electron chi connectivity index (χ4n) is 2.26. The van der Waals surface area contributed by atoms with Crippen LogP contribution in [-0.2, 0) is 4.79 Å². The lowest BCUT2D eigenvalue weighted by atomic mass is 10.2. The summed E-state index contributed by atoms with van der Waals surface area (Å²) in [6, 6.07) is 12.3. The number of hydrogen-bond acceptors (Lipinski definition) is 4. The van der Waals surface area contributed by atoms with Crippen molar-refractivity contribution < 1.29 is 4.79 Å². The number of benzene rings is 1. The first kappa shape index (κ1) is 17.3. The number of carbonyl (C=O) groups excluding carboxylic acids is 1. The number of aryl methyl sites for hydroxylation is 1. The average Bonchev–Trinajstić information content (AvgIpc) is 2.58. The minimum atomic E-state index is 0.0621. The van der Waals surface area contributed by atoms with E-state index >= 15 is 0 Å². The zero-order valence-corrected chi connectivity index (χ0v) is 14.5. The third-order valence-corrected chi connectivity index (χ3v) is 4.48. The van der Waals surface area contributed by atoms with Crippen molar-refractivity contribution in [3.63, 3.8) is 0 Å². The molecule has 0 radical (unpaired) electrons. The molecule has 0 spiro atoms. The maximum absolute atomic E-state index is 11.9. The molecule has 5 heteroatoms. The summed E-state index contributed by atoms with van der Waals surface area (Å²) in [6.07, 6.45) is 3.47. The number of likely N-dealkylation sites (N-methyl/N-ethyl adjacent to an activating group) is 1. The molecule has 0 fully saturated rings. The summed E-state index contributed by atoms with van der Waals surface area (Å²) >= 11 is 1.53. The zero-order chi connectivity index (χ0) is 16.5. The smallest absolute Gasteiger partial charge is 0.230 e. The van der Waals surface area contributed by atoms with Crippen LogP contribution in [0.4, 0.5) is 5.69 Å². The third kappa shape index (κ3) is 5.94. The van der Waals surface area contributed by atoms with Crippen molar-refractivity contribution in [3.8, 4) is 0 Å². The van der Waals surface area contributed by atoms with Gasteiger partial charge in [0.2, 0.25) is 5.91 Å². The number of pyridine rings is 1. The second kappa shape index (κ2) is 9.20. The van der Waals surface area contributed by atoms with Crippen LogP contribution in [0.1, 0.15) is 12.5 Å². The van der Waals surface area contributed by atoms with Crippen LogP contribution in [0.3, 0.4) is 0 Å². The van der Waals surface area contributed by atoms with Gasteiger partial charge in [-0.25, -0.2) is 0 Å². The molecule has 1 aromatic heterocycles. The molecular formula is C18H23N3OS. The van der Waals surface area contributed by atoms with Crippen LogP contribution < -0.4 is 10.2 Å². The molecular weight excluding hydrogens is 306 g/mol. The molecule has 0 saturated carbocycles. The molecule has 1 amide bonds. The summed E-state index contributed by atoms with van der Waals surface area (Å²) in [5.74, 6) is 0.493. The Hall–Kier alpha value is -2.01. The van der Waals surface area contributed by atoms with Gasteiger partial charge in [-0.05, 0) is 43.7 Å². The Bertz CT molecular complexity index is 619. The molecule has 0 atom stereocenters. The molecule has 0 unspecified atom stereocenters. The lowest BCUT2D eigenvalue weighted by Crippen LogP contribution is -2.35. The van der Waals surface area contributed by atoms with Crippen molar-refractivity contribution in [1.29, 1.82) is 0 Å². The van der Waals surface area contributed by atoms with Crippen molar-refractivity contribution in [3.05, 3.63) is 54.4 Å². The highest BCUT2D eigenvalue weighted by molar-refractivity contribution is 8.00. The number of carbonyl (C=O) groups is 1. The van der Waals surface area contributed by atoms with Crippen molar-refractivity contribution in [2.75, 3.05) is 30.3 Å². The van der Waals surface area contributed by atoms with Crippen LogP contribution in [0.5, 0.6) is 0 Å². The van der Waals surface area contributed by atoms with E-state index in [-0.39, 0.29) is 5.91 Å². The normalized spacial score (nSPS) is 10.3. The summed E-state index contributed by atoms with van der Waals surface area (Å²) in [6.45, 7) is 6.60. The van der Waals surface area contributed by atoms with Crippen LogP contribution in [0.2, 0.25) is 0 Å². The van der Waals surface area contributed by atoms with E-state index in [1.165, 1.54) is 23.0 Å². The van der Waals surface area contributed by atoms with Gasteiger partial charge < -0.3 is 10.2 Å². The summed E-state index contributed by atoms with van der Waals surface area (Å²) in [4.78, 5) is 19.2. The fraction of sp³-hybridized carbons (Fsp3) is 0.333. The van der Waals surface area contributed by atoms with Gasteiger partial charge in [-0.1, -0.05) is 12.1 Å². The third-order valence-electron chi connectivity index (χ3n) is 3.47. The van der Waals surface area contributed by atoms with Crippen LogP contribution >= 0.6 is 11.8 Å². The first-order chi connectivity index (χ1) is 11.2. The van der Waals surface area contributed by atoms with Crippen LogP contribution in [-0.4, -0.2) is 36.3 Å². The SMILES string of the molecule is CCN(CCNC(=O)CSc1ccncc1)c1cccc(C)c1. The maximum Gasteiger partial charge on any atom is 0.230 e. The molecule has 0 aliphatic carbocycles. The van der Waals surface area contributed by atoms with Gasteiger partial charge in [-0.3, -0.25) is 9.78 Å². The van der Waals surface area contributed by atoms with E-state index in [0.717, 1.165) is 18.0 Å². The van der Waals surface area contributed by atoms with E-state index in [0.29, 0.717) is 12.3 Å². The van der Waals surface area contributed by atoms with Gasteiger partial charge in [0, 0.05) is 42.6 Å². The minimum absolute atomic E-state index is 0.0621. The highest BCUT2D eigenvalue weighted by atomic mass is 32.2. The average molecular weight is 329 g/mol. The Balaban J connectivity index is 1.73. The Morgan fingerprint density at radius 3 is 2.74 bits per heavy atom. The predicted octanol–water partition coefficient (Wildman–Crippen LogP) is 3.12. The lowest BCUT2D eigenvalue weighted by molar-refractivity contribution is -0.118. The van der Waals surface area contributed by atoms with Crippen molar-refractivity contribution in [1.82, 2.24) is 10.3 Å². The van der Waals surface area contributed by atoms with Gasteiger partial charge in [-0.15, -0.1) is 11.8 Å². The number of anilines is 1. The second-order valence-corrected chi connectivity index (χ2v) is 6.29. The minimum Gasteiger partial charge on any atom is -0.370 e. The molecule has 0 aliphatic heterocycles. The van der Waals surface area contributed by atoms with Crippen LogP contribution in [0.15, 0.2) is 53.7 Å². The zero-order valence-electron chi connectivity index (χ0n) is 13.7. The van der Waals surface area contributed by atoms with Gasteiger partial charge in [0.15, 0.2) is 0 Å². The van der Waals surface area contributed by atoms with E-state index in [1.807, 2.05) is 12.1 Å².